The van der Waals surface area contributed by atoms with Gasteiger partial charge in [0.2, 0.25) is 0 Å². The summed E-state index contributed by atoms with van der Waals surface area (Å²) in [5.41, 5.74) is 1.47. The fraction of sp³-hybridized carbons (Fsp3) is 0.235. The highest BCUT2D eigenvalue weighted by atomic mass is 16.6. The van der Waals surface area contributed by atoms with Gasteiger partial charge in [-0.1, -0.05) is 23.8 Å². The number of nitrogens with one attached hydrogen (secondary N) is 2. The summed E-state index contributed by atoms with van der Waals surface area (Å²) in [6, 6.07) is 13.1. The Kier molecular flexibility index (Phi) is 6.13. The third-order valence-corrected chi connectivity index (χ3v) is 3.21. The van der Waals surface area contributed by atoms with Gasteiger partial charge in [0.15, 0.2) is 0 Å². The van der Waals surface area contributed by atoms with Crippen molar-refractivity contribution in [2.45, 2.75) is 13.3 Å². The lowest BCUT2D eigenvalue weighted by Crippen LogP contribution is -2.30. The molecule has 0 radical (unpaired) electrons. The minimum Gasteiger partial charge on any atom is -0.494 e. The van der Waals surface area contributed by atoms with E-state index in [0.717, 1.165) is 5.75 Å². The second-order valence-corrected chi connectivity index (χ2v) is 5.20. The Morgan fingerprint density at radius 1 is 1.21 bits per heavy atom. The van der Waals surface area contributed by atoms with E-state index in [1.54, 1.807) is 6.07 Å². The maximum Gasteiger partial charge on any atom is 0.319 e. The molecule has 0 aromatic heterocycles. The molecule has 7 nitrogen and oxygen atoms in total. The lowest BCUT2D eigenvalue weighted by molar-refractivity contribution is -0.384. The molecule has 0 unspecified atom stereocenters. The number of nitrogens with zero attached hydrogens (tertiary/aromatic N) is 1. The van der Waals surface area contributed by atoms with Gasteiger partial charge < -0.3 is 15.4 Å². The number of aryl methyl sites for hydroxylation is 1. The van der Waals surface area contributed by atoms with Crippen LogP contribution < -0.4 is 15.4 Å². The molecule has 2 amide bonds. The van der Waals surface area contributed by atoms with Gasteiger partial charge in [0.05, 0.1) is 11.5 Å². The molecule has 0 aliphatic heterocycles. The quantitative estimate of drug-likeness (QED) is 0.462. The highest BCUT2D eigenvalue weighted by Crippen LogP contribution is 2.16. The minimum absolute atomic E-state index is 0.0701. The predicted octanol–water partition coefficient (Wildman–Crippen LogP) is 3.49. The van der Waals surface area contributed by atoms with Gasteiger partial charge in [-0.05, 0) is 31.5 Å². The van der Waals surface area contributed by atoms with Crippen molar-refractivity contribution >= 4 is 17.4 Å². The van der Waals surface area contributed by atoms with Crippen molar-refractivity contribution in [1.29, 1.82) is 0 Å². The summed E-state index contributed by atoms with van der Waals surface area (Å²) in [5, 5.41) is 15.9. The number of hydrogen-bond donors (Lipinski definition) is 2. The molecule has 2 aromatic carbocycles. The van der Waals surface area contributed by atoms with E-state index < -0.39 is 11.0 Å². The van der Waals surface area contributed by atoms with Gasteiger partial charge in [0.1, 0.15) is 5.75 Å². The number of amides is 2. The smallest absolute Gasteiger partial charge is 0.319 e. The van der Waals surface area contributed by atoms with Crippen LogP contribution in [0.15, 0.2) is 48.5 Å². The number of hydrogen-bond acceptors (Lipinski definition) is 4. The second-order valence-electron chi connectivity index (χ2n) is 5.20. The van der Waals surface area contributed by atoms with Crippen LogP contribution in [0.25, 0.3) is 0 Å². The molecule has 0 saturated carbocycles. The number of carbonyl (C=O) groups is 1. The van der Waals surface area contributed by atoms with Crippen LogP contribution in [-0.4, -0.2) is 24.1 Å². The number of ether oxygens (including phenoxy) is 1. The van der Waals surface area contributed by atoms with Gasteiger partial charge in [-0.3, -0.25) is 10.1 Å². The topological polar surface area (TPSA) is 93.5 Å². The molecule has 2 rings (SSSR count). The SMILES string of the molecule is Cc1ccc(OCCCNC(=O)Nc2cccc([N+](=O)[O-])c2)cc1. The lowest BCUT2D eigenvalue weighted by Gasteiger charge is -2.09. The van der Waals surface area contributed by atoms with Crippen LogP contribution in [0.3, 0.4) is 0 Å². The number of nitro groups is 1. The Balaban J connectivity index is 1.67. The third kappa shape index (κ3) is 5.60. The first-order valence-electron chi connectivity index (χ1n) is 7.53. The van der Waals surface area contributed by atoms with Gasteiger partial charge >= 0.3 is 6.03 Å². The monoisotopic (exact) mass is 329 g/mol. The van der Waals surface area contributed by atoms with E-state index >= 15 is 0 Å². The maximum atomic E-state index is 11.7. The zero-order valence-corrected chi connectivity index (χ0v) is 13.3. The summed E-state index contributed by atoms with van der Waals surface area (Å²) in [6.45, 7) is 2.93. The average Bonchev–Trinajstić information content (AvgIpc) is 2.56. The van der Waals surface area contributed by atoms with Crippen LogP contribution in [0, 0.1) is 17.0 Å². The first kappa shape index (κ1) is 17.3. The Morgan fingerprint density at radius 3 is 2.67 bits per heavy atom. The average molecular weight is 329 g/mol. The maximum absolute atomic E-state index is 11.7. The summed E-state index contributed by atoms with van der Waals surface area (Å²) in [5.74, 6) is 0.793. The van der Waals surface area contributed by atoms with Crippen molar-refractivity contribution in [2.24, 2.45) is 0 Å². The van der Waals surface area contributed by atoms with Crippen molar-refractivity contribution in [2.75, 3.05) is 18.5 Å². The molecule has 0 aliphatic carbocycles. The Labute approximate surface area is 139 Å². The van der Waals surface area contributed by atoms with E-state index in [0.29, 0.717) is 25.3 Å². The zero-order chi connectivity index (χ0) is 17.4. The van der Waals surface area contributed by atoms with E-state index in [4.69, 9.17) is 4.74 Å². The number of non-ortho nitro benzene ring substituents is 1. The van der Waals surface area contributed by atoms with Crippen LogP contribution in [0.4, 0.5) is 16.2 Å². The van der Waals surface area contributed by atoms with E-state index in [1.807, 2.05) is 31.2 Å². The Morgan fingerprint density at radius 2 is 1.96 bits per heavy atom. The zero-order valence-electron chi connectivity index (χ0n) is 13.3. The van der Waals surface area contributed by atoms with Crippen molar-refractivity contribution in [3.63, 3.8) is 0 Å². The molecule has 0 atom stereocenters. The molecule has 0 spiro atoms. The van der Waals surface area contributed by atoms with E-state index in [9.17, 15) is 14.9 Å². The molecule has 24 heavy (non-hydrogen) atoms. The summed E-state index contributed by atoms with van der Waals surface area (Å²) in [7, 11) is 0. The van der Waals surface area contributed by atoms with Crippen LogP contribution in [-0.2, 0) is 0 Å². The molecular weight excluding hydrogens is 310 g/mol. The van der Waals surface area contributed by atoms with Gasteiger partial charge in [0, 0.05) is 24.4 Å². The van der Waals surface area contributed by atoms with Crippen LogP contribution in [0.5, 0.6) is 5.75 Å². The third-order valence-electron chi connectivity index (χ3n) is 3.21. The second kappa shape index (κ2) is 8.52. The van der Waals surface area contributed by atoms with Crippen molar-refractivity contribution in [1.82, 2.24) is 5.32 Å². The van der Waals surface area contributed by atoms with Crippen LogP contribution >= 0.6 is 0 Å². The Bertz CT molecular complexity index is 701. The summed E-state index contributed by atoms with van der Waals surface area (Å²) < 4.78 is 5.56. The standard InChI is InChI=1S/C17H19N3O4/c1-13-6-8-16(9-7-13)24-11-3-10-18-17(21)19-14-4-2-5-15(12-14)20(22)23/h2,4-9,12H,3,10-11H2,1H3,(H2,18,19,21). The summed E-state index contributed by atoms with van der Waals surface area (Å²) in [4.78, 5) is 21.9. The molecule has 2 aromatic rings. The minimum atomic E-state index is -0.508. The molecule has 0 aliphatic rings. The number of rotatable bonds is 7. The van der Waals surface area contributed by atoms with E-state index in [-0.39, 0.29) is 5.69 Å². The van der Waals surface area contributed by atoms with Gasteiger partial charge in [-0.25, -0.2) is 4.79 Å². The normalized spacial score (nSPS) is 10.0. The lowest BCUT2D eigenvalue weighted by atomic mass is 10.2. The molecule has 126 valence electrons. The fourth-order valence-electron chi connectivity index (χ4n) is 1.97. The van der Waals surface area contributed by atoms with E-state index in [2.05, 4.69) is 10.6 Å². The summed E-state index contributed by atoms with van der Waals surface area (Å²) >= 11 is 0. The number of urea groups is 1. The Hall–Kier alpha value is -3.09. The molecule has 0 saturated heterocycles. The van der Waals surface area contributed by atoms with Crippen molar-refractivity contribution in [3.8, 4) is 5.75 Å². The number of carbonyl (C=O) groups excluding carboxylic acids is 1. The highest BCUT2D eigenvalue weighted by Gasteiger charge is 2.07. The first-order valence-corrected chi connectivity index (χ1v) is 7.53. The van der Waals surface area contributed by atoms with Gasteiger partial charge in [-0.2, -0.15) is 0 Å². The molecule has 0 fully saturated rings. The van der Waals surface area contributed by atoms with Crippen LogP contribution in [0.1, 0.15) is 12.0 Å². The molecule has 7 heteroatoms. The highest BCUT2D eigenvalue weighted by molar-refractivity contribution is 5.89. The molecule has 2 N–H and O–H groups in total. The van der Waals surface area contributed by atoms with Crippen molar-refractivity contribution in [3.05, 3.63) is 64.2 Å². The predicted molar refractivity (Wildman–Crippen MR) is 91.4 cm³/mol. The van der Waals surface area contributed by atoms with Gasteiger partial charge in [0.25, 0.3) is 5.69 Å². The summed E-state index contributed by atoms with van der Waals surface area (Å²) in [6.07, 6.45) is 0.649. The van der Waals surface area contributed by atoms with Gasteiger partial charge in [-0.15, -0.1) is 0 Å². The fourth-order valence-corrected chi connectivity index (χ4v) is 1.97. The number of benzene rings is 2. The molecule has 0 bridgehead atoms. The van der Waals surface area contributed by atoms with Crippen molar-refractivity contribution < 1.29 is 14.5 Å². The van der Waals surface area contributed by atoms with Crippen LogP contribution in [0.2, 0.25) is 0 Å². The number of nitro benzene ring substituents is 1. The van der Waals surface area contributed by atoms with E-state index in [1.165, 1.54) is 23.8 Å². The largest absolute Gasteiger partial charge is 0.494 e. The molecular formula is C17H19N3O4. The number of anilines is 1. The first-order chi connectivity index (χ1) is 11.5. The molecule has 0 heterocycles.